The summed E-state index contributed by atoms with van der Waals surface area (Å²) in [4.78, 5) is 26.7. The minimum Gasteiger partial charge on any atom is -0.497 e. The van der Waals surface area contributed by atoms with E-state index in [2.05, 4.69) is 6.92 Å². The van der Waals surface area contributed by atoms with Crippen LogP contribution in [0.2, 0.25) is 0 Å². The van der Waals surface area contributed by atoms with Crippen LogP contribution in [0.25, 0.3) is 11.0 Å². The van der Waals surface area contributed by atoms with E-state index in [-0.39, 0.29) is 24.3 Å². The normalized spacial score (nSPS) is 17.3. The van der Waals surface area contributed by atoms with Crippen LogP contribution in [0.15, 0.2) is 22.6 Å². The van der Waals surface area contributed by atoms with Crippen molar-refractivity contribution in [1.82, 2.24) is 4.90 Å². The number of hydrogen-bond acceptors (Lipinski definition) is 5. The van der Waals surface area contributed by atoms with Crippen LogP contribution in [-0.4, -0.2) is 43.1 Å². The molecule has 1 aliphatic heterocycles. The van der Waals surface area contributed by atoms with E-state index in [9.17, 15) is 9.59 Å². The van der Waals surface area contributed by atoms with E-state index >= 15 is 0 Å². The molecule has 0 bridgehead atoms. The highest BCUT2D eigenvalue weighted by atomic mass is 16.5. The Labute approximate surface area is 153 Å². The molecule has 26 heavy (non-hydrogen) atoms. The number of esters is 1. The lowest BCUT2D eigenvalue weighted by Crippen LogP contribution is -2.45. The Morgan fingerprint density at radius 1 is 1.31 bits per heavy atom. The summed E-state index contributed by atoms with van der Waals surface area (Å²) in [7, 11) is 1.58. The maximum absolute atomic E-state index is 12.4. The molecular weight excluding hydrogens is 334 g/mol. The molecule has 6 nitrogen and oxygen atoms in total. The van der Waals surface area contributed by atoms with Crippen molar-refractivity contribution < 1.29 is 23.5 Å². The van der Waals surface area contributed by atoms with Gasteiger partial charge in [0.05, 0.1) is 7.11 Å². The van der Waals surface area contributed by atoms with Gasteiger partial charge in [-0.15, -0.1) is 0 Å². The molecule has 1 aliphatic rings. The zero-order valence-corrected chi connectivity index (χ0v) is 15.5. The third-order valence-corrected chi connectivity index (χ3v) is 5.07. The number of piperidine rings is 1. The molecule has 1 saturated heterocycles. The highest BCUT2D eigenvalue weighted by Gasteiger charge is 2.27. The summed E-state index contributed by atoms with van der Waals surface area (Å²) in [6.07, 6.45) is 4.08. The number of rotatable bonds is 5. The van der Waals surface area contributed by atoms with Gasteiger partial charge in [-0.2, -0.15) is 0 Å². The summed E-state index contributed by atoms with van der Waals surface area (Å²) in [6.45, 7) is 4.35. The van der Waals surface area contributed by atoms with Gasteiger partial charge in [-0.3, -0.25) is 4.79 Å². The number of carbonyl (C=O) groups excluding carboxylic acids is 2. The van der Waals surface area contributed by atoms with E-state index < -0.39 is 5.97 Å². The number of nitrogens with zero attached hydrogens (tertiary/aromatic N) is 1. The van der Waals surface area contributed by atoms with E-state index in [1.807, 2.05) is 11.0 Å². The van der Waals surface area contributed by atoms with E-state index in [4.69, 9.17) is 13.9 Å². The second kappa shape index (κ2) is 7.81. The molecule has 3 rings (SSSR count). The number of fused-ring (bicyclic) bond motifs is 1. The van der Waals surface area contributed by atoms with E-state index in [0.29, 0.717) is 16.9 Å². The van der Waals surface area contributed by atoms with Crippen LogP contribution in [0.1, 0.15) is 48.7 Å². The average Bonchev–Trinajstić information content (AvgIpc) is 3.01. The Morgan fingerprint density at radius 3 is 2.85 bits per heavy atom. The lowest BCUT2D eigenvalue weighted by atomic mass is 10.00. The van der Waals surface area contributed by atoms with Crippen LogP contribution in [-0.2, 0) is 9.53 Å². The SMILES string of the molecule is CC[C@H]1CCCCN1C(=O)COC(=O)c1oc2ccc(OC)cc2c1C. The number of furan rings is 1. The lowest BCUT2D eigenvalue weighted by molar-refractivity contribution is -0.138. The first-order chi connectivity index (χ1) is 12.5. The van der Waals surface area contributed by atoms with Crippen LogP contribution in [0, 0.1) is 6.92 Å². The molecule has 0 saturated carbocycles. The van der Waals surface area contributed by atoms with Crippen molar-refractivity contribution in [2.75, 3.05) is 20.3 Å². The number of aryl methyl sites for hydroxylation is 1. The Balaban J connectivity index is 1.69. The van der Waals surface area contributed by atoms with Gasteiger partial charge in [0, 0.05) is 23.5 Å². The first-order valence-corrected chi connectivity index (χ1v) is 9.08. The molecule has 0 radical (unpaired) electrons. The highest BCUT2D eigenvalue weighted by molar-refractivity contribution is 5.97. The van der Waals surface area contributed by atoms with Gasteiger partial charge in [0.1, 0.15) is 11.3 Å². The topological polar surface area (TPSA) is 69.0 Å². The molecule has 6 heteroatoms. The van der Waals surface area contributed by atoms with Crippen molar-refractivity contribution in [2.45, 2.75) is 45.6 Å². The molecule has 1 amide bonds. The fourth-order valence-corrected chi connectivity index (χ4v) is 3.55. The van der Waals surface area contributed by atoms with Gasteiger partial charge in [-0.05, 0) is 50.8 Å². The largest absolute Gasteiger partial charge is 0.497 e. The smallest absolute Gasteiger partial charge is 0.375 e. The number of ether oxygens (including phenoxy) is 2. The molecule has 1 fully saturated rings. The molecular formula is C20H25NO5. The second-order valence-electron chi connectivity index (χ2n) is 6.64. The predicted octanol–water partition coefficient (Wildman–Crippen LogP) is 3.70. The highest BCUT2D eigenvalue weighted by Crippen LogP contribution is 2.29. The molecule has 0 spiro atoms. The average molecular weight is 359 g/mol. The Morgan fingerprint density at radius 2 is 2.12 bits per heavy atom. The third kappa shape index (κ3) is 3.54. The monoisotopic (exact) mass is 359 g/mol. The Bertz CT molecular complexity index is 810. The molecule has 0 N–H and O–H groups in total. The van der Waals surface area contributed by atoms with Gasteiger partial charge >= 0.3 is 5.97 Å². The maximum atomic E-state index is 12.4. The zero-order chi connectivity index (χ0) is 18.7. The van der Waals surface area contributed by atoms with Gasteiger partial charge in [0.25, 0.3) is 5.91 Å². The number of amides is 1. The summed E-state index contributed by atoms with van der Waals surface area (Å²) < 4.78 is 16.1. The van der Waals surface area contributed by atoms with Crippen LogP contribution in [0.5, 0.6) is 5.75 Å². The molecule has 140 valence electrons. The van der Waals surface area contributed by atoms with Gasteiger partial charge in [-0.25, -0.2) is 4.79 Å². The summed E-state index contributed by atoms with van der Waals surface area (Å²) in [5.41, 5.74) is 1.27. The Kier molecular flexibility index (Phi) is 5.49. The lowest BCUT2D eigenvalue weighted by Gasteiger charge is -2.35. The quantitative estimate of drug-likeness (QED) is 0.762. The summed E-state index contributed by atoms with van der Waals surface area (Å²) in [5, 5.41) is 0.796. The van der Waals surface area contributed by atoms with Crippen molar-refractivity contribution in [1.29, 1.82) is 0 Å². The minimum atomic E-state index is -0.615. The molecule has 1 aromatic carbocycles. The fourth-order valence-electron chi connectivity index (χ4n) is 3.55. The third-order valence-electron chi connectivity index (χ3n) is 5.07. The number of hydrogen-bond donors (Lipinski definition) is 0. The molecule has 2 aromatic rings. The number of methoxy groups -OCH3 is 1. The van der Waals surface area contributed by atoms with Crippen molar-refractivity contribution in [3.05, 3.63) is 29.5 Å². The van der Waals surface area contributed by atoms with Crippen LogP contribution in [0.4, 0.5) is 0 Å². The maximum Gasteiger partial charge on any atom is 0.375 e. The van der Waals surface area contributed by atoms with Gasteiger partial charge in [-0.1, -0.05) is 6.92 Å². The molecule has 0 unspecified atom stereocenters. The van der Waals surface area contributed by atoms with Crippen LogP contribution in [0.3, 0.4) is 0 Å². The zero-order valence-electron chi connectivity index (χ0n) is 15.5. The van der Waals surface area contributed by atoms with Gasteiger partial charge in [0.2, 0.25) is 5.76 Å². The predicted molar refractivity (Wildman–Crippen MR) is 97.4 cm³/mol. The summed E-state index contributed by atoms with van der Waals surface area (Å²) in [5.74, 6) is 0.0651. The first-order valence-electron chi connectivity index (χ1n) is 9.08. The van der Waals surface area contributed by atoms with Crippen LogP contribution < -0.4 is 4.74 Å². The van der Waals surface area contributed by atoms with Crippen molar-refractivity contribution in [3.63, 3.8) is 0 Å². The second-order valence-corrected chi connectivity index (χ2v) is 6.64. The first kappa shape index (κ1) is 18.3. The number of benzene rings is 1. The number of carbonyl (C=O) groups is 2. The van der Waals surface area contributed by atoms with Crippen molar-refractivity contribution >= 4 is 22.8 Å². The Hall–Kier alpha value is -2.50. The summed E-state index contributed by atoms with van der Waals surface area (Å²) >= 11 is 0. The molecule has 1 atom stereocenters. The summed E-state index contributed by atoms with van der Waals surface area (Å²) in [6, 6.07) is 5.58. The van der Waals surface area contributed by atoms with Crippen molar-refractivity contribution in [3.8, 4) is 5.75 Å². The molecule has 1 aromatic heterocycles. The van der Waals surface area contributed by atoms with E-state index in [0.717, 1.165) is 37.6 Å². The fraction of sp³-hybridized carbons (Fsp3) is 0.500. The van der Waals surface area contributed by atoms with Gasteiger partial charge in [0.15, 0.2) is 6.61 Å². The van der Waals surface area contributed by atoms with E-state index in [1.165, 1.54) is 0 Å². The van der Waals surface area contributed by atoms with Gasteiger partial charge < -0.3 is 18.8 Å². The van der Waals surface area contributed by atoms with E-state index in [1.54, 1.807) is 26.2 Å². The van der Waals surface area contributed by atoms with Crippen molar-refractivity contribution in [2.24, 2.45) is 0 Å². The standard InChI is InChI=1S/C20H25NO5/c1-4-14-7-5-6-10-21(14)18(22)12-25-20(23)19-13(2)16-11-15(24-3)8-9-17(16)26-19/h8-9,11,14H,4-7,10,12H2,1-3H3/t14-/m0/s1. The molecule has 0 aliphatic carbocycles. The van der Waals surface area contributed by atoms with Crippen LogP contribution >= 0.6 is 0 Å². The molecule has 2 heterocycles. The minimum absolute atomic E-state index is 0.131. The number of likely N-dealkylation sites (tertiary alicyclic amines) is 1.